The Bertz CT molecular complexity index is 1050. The molecule has 2 aliphatic rings. The zero-order chi connectivity index (χ0) is 20.0. The molecule has 2 aliphatic heterocycles. The standard InChI is InChI=1S/C22H26N4O3/c1-14-12-21-23-15(2)16(3)26(21)24-22(14)25-8-6-17(7-9-25)29-18-4-5-19-20(13-18)28-11-10-27-19/h4-5,12-13,17H,6-11H2,1-3H3. The van der Waals surface area contributed by atoms with Crippen molar-refractivity contribution < 1.29 is 14.2 Å². The summed E-state index contributed by atoms with van der Waals surface area (Å²) in [7, 11) is 0. The summed E-state index contributed by atoms with van der Waals surface area (Å²) in [6.45, 7) is 9.22. The molecule has 7 nitrogen and oxygen atoms in total. The minimum Gasteiger partial charge on any atom is -0.490 e. The van der Waals surface area contributed by atoms with Crippen molar-refractivity contribution in [3.63, 3.8) is 0 Å². The number of aromatic nitrogens is 3. The number of ether oxygens (including phenoxy) is 3. The monoisotopic (exact) mass is 394 g/mol. The van der Waals surface area contributed by atoms with Crippen molar-refractivity contribution in [2.45, 2.75) is 39.7 Å². The van der Waals surface area contributed by atoms with E-state index in [9.17, 15) is 0 Å². The van der Waals surface area contributed by atoms with E-state index in [0.29, 0.717) is 13.2 Å². The Labute approximate surface area is 170 Å². The summed E-state index contributed by atoms with van der Waals surface area (Å²) in [5.74, 6) is 3.44. The molecule has 0 spiro atoms. The van der Waals surface area contributed by atoms with Crippen LogP contribution in [0, 0.1) is 20.8 Å². The largest absolute Gasteiger partial charge is 0.490 e. The fourth-order valence-corrected chi connectivity index (χ4v) is 4.06. The number of fused-ring (bicyclic) bond motifs is 2. The number of anilines is 1. The zero-order valence-electron chi connectivity index (χ0n) is 17.1. The molecule has 4 heterocycles. The van der Waals surface area contributed by atoms with Gasteiger partial charge < -0.3 is 19.1 Å². The van der Waals surface area contributed by atoms with Crippen LogP contribution in [0.3, 0.4) is 0 Å². The lowest BCUT2D eigenvalue weighted by Crippen LogP contribution is -2.39. The van der Waals surface area contributed by atoms with Crippen LogP contribution in [0.2, 0.25) is 0 Å². The number of nitrogens with zero attached hydrogens (tertiary/aromatic N) is 4. The van der Waals surface area contributed by atoms with Crippen molar-refractivity contribution in [1.29, 1.82) is 0 Å². The molecular formula is C22H26N4O3. The molecule has 3 aromatic rings. The Morgan fingerprint density at radius 1 is 1.00 bits per heavy atom. The maximum Gasteiger partial charge on any atom is 0.165 e. The minimum atomic E-state index is 0.190. The average Bonchev–Trinajstić information content (AvgIpc) is 3.01. The Hall–Kier alpha value is -2.96. The van der Waals surface area contributed by atoms with Crippen molar-refractivity contribution in [2.75, 3.05) is 31.2 Å². The minimum absolute atomic E-state index is 0.190. The summed E-state index contributed by atoms with van der Waals surface area (Å²) >= 11 is 0. The van der Waals surface area contributed by atoms with Gasteiger partial charge in [-0.05, 0) is 44.5 Å². The number of hydrogen-bond acceptors (Lipinski definition) is 6. The number of hydrogen-bond donors (Lipinski definition) is 0. The zero-order valence-corrected chi connectivity index (χ0v) is 17.1. The van der Waals surface area contributed by atoms with Gasteiger partial charge in [-0.3, -0.25) is 0 Å². The first-order chi connectivity index (χ1) is 14.1. The van der Waals surface area contributed by atoms with Gasteiger partial charge in [-0.1, -0.05) is 0 Å². The van der Waals surface area contributed by atoms with E-state index in [-0.39, 0.29) is 6.10 Å². The number of aryl methyl sites for hydroxylation is 3. The molecule has 0 saturated carbocycles. The summed E-state index contributed by atoms with van der Waals surface area (Å²) in [5.41, 5.74) is 4.20. The van der Waals surface area contributed by atoms with E-state index < -0.39 is 0 Å². The normalized spacial score (nSPS) is 17.0. The second kappa shape index (κ2) is 7.13. The van der Waals surface area contributed by atoms with Crippen LogP contribution in [0.4, 0.5) is 5.82 Å². The van der Waals surface area contributed by atoms with E-state index in [1.807, 2.05) is 29.6 Å². The molecule has 7 heteroatoms. The van der Waals surface area contributed by atoms with Crippen molar-refractivity contribution in [1.82, 2.24) is 14.6 Å². The van der Waals surface area contributed by atoms with Gasteiger partial charge in [0.2, 0.25) is 0 Å². The van der Waals surface area contributed by atoms with Gasteiger partial charge in [-0.25, -0.2) is 9.50 Å². The topological polar surface area (TPSA) is 61.1 Å². The number of benzene rings is 1. The highest BCUT2D eigenvalue weighted by Gasteiger charge is 2.24. The van der Waals surface area contributed by atoms with Crippen molar-refractivity contribution >= 4 is 11.5 Å². The summed E-state index contributed by atoms with van der Waals surface area (Å²) in [6, 6.07) is 7.95. The third-order valence-electron chi connectivity index (χ3n) is 5.79. The van der Waals surface area contributed by atoms with Gasteiger partial charge in [-0.2, -0.15) is 0 Å². The van der Waals surface area contributed by atoms with E-state index in [1.54, 1.807) is 0 Å². The Balaban J connectivity index is 1.27. The highest BCUT2D eigenvalue weighted by Crippen LogP contribution is 2.34. The highest BCUT2D eigenvalue weighted by atomic mass is 16.6. The van der Waals surface area contributed by atoms with Crippen molar-refractivity contribution in [2.24, 2.45) is 0 Å². The summed E-state index contributed by atoms with van der Waals surface area (Å²) < 4.78 is 19.4. The van der Waals surface area contributed by atoms with Crippen molar-refractivity contribution in [3.05, 3.63) is 41.2 Å². The third-order valence-corrected chi connectivity index (χ3v) is 5.79. The quantitative estimate of drug-likeness (QED) is 0.678. The molecule has 0 aliphatic carbocycles. The predicted molar refractivity (Wildman–Crippen MR) is 110 cm³/mol. The SMILES string of the molecule is Cc1cc2nc(C)c(C)n2nc1N1CCC(Oc2ccc3c(c2)OCCO3)CC1. The smallest absolute Gasteiger partial charge is 0.165 e. The molecule has 0 amide bonds. The van der Waals surface area contributed by atoms with Gasteiger partial charge in [0, 0.05) is 32.0 Å². The van der Waals surface area contributed by atoms with Crippen LogP contribution in [0.15, 0.2) is 24.3 Å². The van der Waals surface area contributed by atoms with Gasteiger partial charge in [0.05, 0.1) is 11.4 Å². The van der Waals surface area contributed by atoms with Gasteiger partial charge in [-0.15, -0.1) is 5.10 Å². The van der Waals surface area contributed by atoms with Crippen LogP contribution >= 0.6 is 0 Å². The molecule has 2 aromatic heterocycles. The van der Waals surface area contributed by atoms with E-state index in [2.05, 4.69) is 29.8 Å². The maximum atomic E-state index is 6.23. The number of piperidine rings is 1. The predicted octanol–water partition coefficient (Wildman–Crippen LogP) is 3.47. The van der Waals surface area contributed by atoms with E-state index in [4.69, 9.17) is 19.3 Å². The second-order valence-electron chi connectivity index (χ2n) is 7.81. The maximum absolute atomic E-state index is 6.23. The lowest BCUT2D eigenvalue weighted by atomic mass is 10.1. The first kappa shape index (κ1) is 18.1. The van der Waals surface area contributed by atoms with Gasteiger partial charge in [0.25, 0.3) is 0 Å². The van der Waals surface area contributed by atoms with Crippen LogP contribution in [-0.2, 0) is 0 Å². The average molecular weight is 394 g/mol. The lowest BCUT2D eigenvalue weighted by molar-refractivity contribution is 0.159. The Kier molecular flexibility index (Phi) is 4.45. The fraction of sp³-hybridized carbons (Fsp3) is 0.455. The summed E-state index contributed by atoms with van der Waals surface area (Å²) in [4.78, 5) is 6.95. The number of rotatable bonds is 3. The van der Waals surface area contributed by atoms with Crippen LogP contribution < -0.4 is 19.1 Å². The molecule has 29 heavy (non-hydrogen) atoms. The lowest BCUT2D eigenvalue weighted by Gasteiger charge is -2.33. The molecule has 0 N–H and O–H groups in total. The molecule has 1 saturated heterocycles. The second-order valence-corrected chi connectivity index (χ2v) is 7.81. The molecule has 0 bridgehead atoms. The molecule has 0 radical (unpaired) electrons. The van der Waals surface area contributed by atoms with E-state index in [0.717, 1.165) is 71.6 Å². The van der Waals surface area contributed by atoms with Gasteiger partial charge in [0.1, 0.15) is 25.1 Å². The van der Waals surface area contributed by atoms with Gasteiger partial charge >= 0.3 is 0 Å². The Morgan fingerprint density at radius 3 is 2.55 bits per heavy atom. The summed E-state index contributed by atoms with van der Waals surface area (Å²) in [5, 5.41) is 4.88. The molecular weight excluding hydrogens is 368 g/mol. The molecule has 0 atom stereocenters. The molecule has 1 aromatic carbocycles. The molecule has 1 fully saturated rings. The highest BCUT2D eigenvalue weighted by molar-refractivity contribution is 5.54. The molecule has 0 unspecified atom stereocenters. The molecule has 152 valence electrons. The molecule has 5 rings (SSSR count). The first-order valence-electron chi connectivity index (χ1n) is 10.2. The van der Waals surface area contributed by atoms with Crippen LogP contribution in [-0.4, -0.2) is 47.0 Å². The van der Waals surface area contributed by atoms with Gasteiger partial charge in [0.15, 0.2) is 23.0 Å². The van der Waals surface area contributed by atoms with Crippen LogP contribution in [0.1, 0.15) is 29.8 Å². The van der Waals surface area contributed by atoms with Crippen molar-refractivity contribution in [3.8, 4) is 17.2 Å². The fourth-order valence-electron chi connectivity index (χ4n) is 4.06. The van der Waals surface area contributed by atoms with Crippen LogP contribution in [0.5, 0.6) is 17.2 Å². The van der Waals surface area contributed by atoms with E-state index >= 15 is 0 Å². The van der Waals surface area contributed by atoms with E-state index in [1.165, 1.54) is 0 Å². The first-order valence-corrected chi connectivity index (χ1v) is 10.2. The van der Waals surface area contributed by atoms with Crippen LogP contribution in [0.25, 0.3) is 5.65 Å². The Morgan fingerprint density at radius 2 is 1.76 bits per heavy atom. The number of imidazole rings is 1. The summed E-state index contributed by atoms with van der Waals surface area (Å²) in [6.07, 6.45) is 2.10. The third kappa shape index (κ3) is 3.34.